The monoisotopic (exact) mass is 199 g/mol. The minimum Gasteiger partial charge on any atom is -0.384 e. The molecule has 1 N–H and O–H groups in total. The van der Waals surface area contributed by atoms with E-state index in [1.807, 2.05) is 0 Å². The molecule has 0 amide bonds. The van der Waals surface area contributed by atoms with Crippen LogP contribution in [0.5, 0.6) is 0 Å². The van der Waals surface area contributed by atoms with Gasteiger partial charge in [-0.25, -0.2) is 0 Å². The van der Waals surface area contributed by atoms with Crippen molar-refractivity contribution in [2.75, 3.05) is 11.9 Å². The smallest absolute Gasteiger partial charge is 0.0419 e. The molecule has 0 atom stereocenters. The molecule has 0 spiro atoms. The highest BCUT2D eigenvalue weighted by Gasteiger charge is 1.99. The van der Waals surface area contributed by atoms with E-state index in [0.29, 0.717) is 5.92 Å². The second-order valence-electron chi connectivity index (χ2n) is 4.30. The fourth-order valence-corrected chi connectivity index (χ4v) is 1.69. The summed E-state index contributed by atoms with van der Waals surface area (Å²) in [5, 5.41) is 6.09. The Balaban J connectivity index is 2.34. The number of hydrogen-bond donors (Lipinski definition) is 1. The average Bonchev–Trinajstić information content (AvgIpc) is 2.26. The Kier molecular flexibility index (Phi) is 2.91. The molecule has 0 aliphatic heterocycles. The van der Waals surface area contributed by atoms with Crippen molar-refractivity contribution in [2.45, 2.75) is 13.8 Å². The van der Waals surface area contributed by atoms with Crippen molar-refractivity contribution < 1.29 is 0 Å². The summed E-state index contributed by atoms with van der Waals surface area (Å²) in [6, 6.07) is 14.9. The van der Waals surface area contributed by atoms with Crippen molar-refractivity contribution >= 4 is 16.5 Å². The van der Waals surface area contributed by atoms with E-state index in [1.165, 1.54) is 16.5 Å². The highest BCUT2D eigenvalue weighted by atomic mass is 14.9. The van der Waals surface area contributed by atoms with Crippen LogP contribution in [0.25, 0.3) is 10.8 Å². The number of nitrogens with one attached hydrogen (secondary N) is 1. The molecule has 0 aromatic heterocycles. The minimum absolute atomic E-state index is 0.670. The molecule has 1 nitrogen and oxygen atoms in total. The van der Waals surface area contributed by atoms with Crippen LogP contribution < -0.4 is 5.32 Å². The molecule has 1 heteroatoms. The summed E-state index contributed by atoms with van der Waals surface area (Å²) in [6.07, 6.45) is 0. The van der Waals surface area contributed by atoms with Gasteiger partial charge in [0.2, 0.25) is 0 Å². The Bertz CT molecular complexity index is 441. The lowest BCUT2D eigenvalue weighted by molar-refractivity contribution is 0.689. The zero-order valence-corrected chi connectivity index (χ0v) is 9.33. The van der Waals surface area contributed by atoms with E-state index >= 15 is 0 Å². The molecule has 0 fully saturated rings. The van der Waals surface area contributed by atoms with Crippen LogP contribution in [0.2, 0.25) is 0 Å². The number of rotatable bonds is 3. The maximum Gasteiger partial charge on any atom is 0.0419 e. The lowest BCUT2D eigenvalue weighted by atomic mass is 10.1. The highest BCUT2D eigenvalue weighted by Crippen LogP contribution is 2.22. The lowest BCUT2D eigenvalue weighted by Gasteiger charge is -2.11. The summed E-state index contributed by atoms with van der Waals surface area (Å²) in [5.74, 6) is 0.670. The summed E-state index contributed by atoms with van der Waals surface area (Å²) in [4.78, 5) is 0. The normalized spacial score (nSPS) is 10.9. The summed E-state index contributed by atoms with van der Waals surface area (Å²) in [6.45, 7) is 5.46. The quantitative estimate of drug-likeness (QED) is 0.790. The first-order valence-corrected chi connectivity index (χ1v) is 5.49. The van der Waals surface area contributed by atoms with Gasteiger partial charge < -0.3 is 5.32 Å². The molecule has 0 unspecified atom stereocenters. The maximum atomic E-state index is 3.49. The zero-order chi connectivity index (χ0) is 10.7. The first-order chi connectivity index (χ1) is 7.27. The standard InChI is InChI=1S/C14H17N/c1-11(2)10-15-14-9-5-7-12-6-3-4-8-13(12)14/h3-9,11,15H,10H2,1-2H3. The average molecular weight is 199 g/mol. The fraction of sp³-hybridized carbons (Fsp3) is 0.286. The predicted molar refractivity (Wildman–Crippen MR) is 67.3 cm³/mol. The second-order valence-corrected chi connectivity index (χ2v) is 4.30. The predicted octanol–water partition coefficient (Wildman–Crippen LogP) is 3.91. The molecule has 0 saturated carbocycles. The van der Waals surface area contributed by atoms with E-state index < -0.39 is 0 Å². The van der Waals surface area contributed by atoms with Crippen LogP contribution in [0.1, 0.15) is 13.8 Å². The Morgan fingerprint density at radius 1 is 1.00 bits per heavy atom. The van der Waals surface area contributed by atoms with E-state index in [1.54, 1.807) is 0 Å². The van der Waals surface area contributed by atoms with Gasteiger partial charge in [0.05, 0.1) is 0 Å². The highest BCUT2D eigenvalue weighted by molar-refractivity contribution is 5.93. The maximum absolute atomic E-state index is 3.49. The summed E-state index contributed by atoms with van der Waals surface area (Å²) < 4.78 is 0. The number of fused-ring (bicyclic) bond motifs is 1. The van der Waals surface area contributed by atoms with Crippen LogP contribution in [0.3, 0.4) is 0 Å². The minimum atomic E-state index is 0.670. The van der Waals surface area contributed by atoms with Crippen molar-refractivity contribution in [2.24, 2.45) is 5.92 Å². The van der Waals surface area contributed by atoms with Crippen LogP contribution >= 0.6 is 0 Å². The van der Waals surface area contributed by atoms with Crippen molar-refractivity contribution in [1.82, 2.24) is 0 Å². The van der Waals surface area contributed by atoms with Crippen molar-refractivity contribution in [3.63, 3.8) is 0 Å². The van der Waals surface area contributed by atoms with Gasteiger partial charge in [0.15, 0.2) is 0 Å². The first-order valence-electron chi connectivity index (χ1n) is 5.49. The van der Waals surface area contributed by atoms with Crippen LogP contribution in [0, 0.1) is 5.92 Å². The molecule has 2 aromatic carbocycles. The van der Waals surface area contributed by atoms with Gasteiger partial charge in [-0.05, 0) is 17.4 Å². The van der Waals surface area contributed by atoms with Crippen LogP contribution in [0.4, 0.5) is 5.69 Å². The molecule has 78 valence electrons. The van der Waals surface area contributed by atoms with Gasteiger partial charge in [0, 0.05) is 17.6 Å². The van der Waals surface area contributed by atoms with Crippen LogP contribution in [0.15, 0.2) is 42.5 Å². The van der Waals surface area contributed by atoms with Crippen molar-refractivity contribution in [3.05, 3.63) is 42.5 Å². The van der Waals surface area contributed by atoms with Crippen molar-refractivity contribution in [3.8, 4) is 0 Å². The third kappa shape index (κ3) is 2.30. The van der Waals surface area contributed by atoms with E-state index in [9.17, 15) is 0 Å². The Labute approximate surface area is 91.1 Å². The van der Waals surface area contributed by atoms with Crippen molar-refractivity contribution in [1.29, 1.82) is 0 Å². The molecule has 15 heavy (non-hydrogen) atoms. The largest absolute Gasteiger partial charge is 0.384 e. The molecule has 2 aromatic rings. The second kappa shape index (κ2) is 4.35. The van der Waals surface area contributed by atoms with Gasteiger partial charge in [0.1, 0.15) is 0 Å². The van der Waals surface area contributed by atoms with Gasteiger partial charge in [0.25, 0.3) is 0 Å². The molecule has 0 bridgehead atoms. The Morgan fingerprint density at radius 3 is 2.53 bits per heavy atom. The van der Waals surface area contributed by atoms with E-state index in [-0.39, 0.29) is 0 Å². The molecule has 0 heterocycles. The summed E-state index contributed by atoms with van der Waals surface area (Å²) >= 11 is 0. The van der Waals surface area contributed by atoms with Gasteiger partial charge in [-0.1, -0.05) is 50.2 Å². The third-order valence-electron chi connectivity index (χ3n) is 2.49. The first kappa shape index (κ1) is 10.0. The van der Waals surface area contributed by atoms with E-state index in [2.05, 4.69) is 61.6 Å². The fourth-order valence-electron chi connectivity index (χ4n) is 1.69. The topological polar surface area (TPSA) is 12.0 Å². The van der Waals surface area contributed by atoms with Gasteiger partial charge in [-0.3, -0.25) is 0 Å². The van der Waals surface area contributed by atoms with E-state index in [0.717, 1.165) is 6.54 Å². The zero-order valence-electron chi connectivity index (χ0n) is 9.33. The summed E-state index contributed by atoms with van der Waals surface area (Å²) in [5.41, 5.74) is 1.24. The molecule has 0 aliphatic carbocycles. The van der Waals surface area contributed by atoms with E-state index in [4.69, 9.17) is 0 Å². The molecule has 0 radical (unpaired) electrons. The molecule has 0 aliphatic rings. The third-order valence-corrected chi connectivity index (χ3v) is 2.49. The number of benzene rings is 2. The lowest BCUT2D eigenvalue weighted by Crippen LogP contribution is -2.07. The Morgan fingerprint density at radius 2 is 1.73 bits per heavy atom. The molecular weight excluding hydrogens is 182 g/mol. The van der Waals surface area contributed by atoms with Crippen LogP contribution in [-0.2, 0) is 0 Å². The Hall–Kier alpha value is -1.50. The van der Waals surface area contributed by atoms with Gasteiger partial charge >= 0.3 is 0 Å². The number of anilines is 1. The van der Waals surface area contributed by atoms with Crippen LogP contribution in [-0.4, -0.2) is 6.54 Å². The molecular formula is C14H17N. The molecule has 0 saturated heterocycles. The number of hydrogen-bond acceptors (Lipinski definition) is 1. The van der Waals surface area contributed by atoms with Gasteiger partial charge in [-0.2, -0.15) is 0 Å². The van der Waals surface area contributed by atoms with Gasteiger partial charge in [-0.15, -0.1) is 0 Å². The molecule has 2 rings (SSSR count). The SMILES string of the molecule is CC(C)CNc1cccc2ccccc12. The summed E-state index contributed by atoms with van der Waals surface area (Å²) in [7, 11) is 0.